The fourth-order valence-corrected chi connectivity index (χ4v) is 1.90. The number of amides is 1. The number of nitrogens with zero attached hydrogens (tertiary/aromatic N) is 1. The molecule has 20 heavy (non-hydrogen) atoms. The Labute approximate surface area is 118 Å². The van der Waals surface area contributed by atoms with E-state index in [9.17, 15) is 4.79 Å². The molecule has 1 aromatic heterocycles. The zero-order valence-corrected chi connectivity index (χ0v) is 12.2. The van der Waals surface area contributed by atoms with Crippen LogP contribution in [0.1, 0.15) is 42.4 Å². The van der Waals surface area contributed by atoms with Gasteiger partial charge >= 0.3 is 0 Å². The van der Waals surface area contributed by atoms with Crippen molar-refractivity contribution in [2.45, 2.75) is 33.1 Å². The largest absolute Gasteiger partial charge is 0.399 e. The lowest BCUT2D eigenvalue weighted by Crippen LogP contribution is -2.14. The first-order valence-corrected chi connectivity index (χ1v) is 6.51. The van der Waals surface area contributed by atoms with Crippen molar-refractivity contribution in [2.24, 2.45) is 0 Å². The fraction of sp³-hybridized carbons (Fsp3) is 0.333. The van der Waals surface area contributed by atoms with Gasteiger partial charge in [-0.25, -0.2) is 0 Å². The highest BCUT2D eigenvalue weighted by Gasteiger charge is 2.18. The predicted octanol–water partition coefficient (Wildman–Crippen LogP) is 2.85. The van der Waals surface area contributed by atoms with Crippen LogP contribution in [0.25, 0.3) is 0 Å². The van der Waals surface area contributed by atoms with Gasteiger partial charge in [-0.1, -0.05) is 20.8 Å². The van der Waals surface area contributed by atoms with Crippen molar-refractivity contribution in [3.8, 4) is 0 Å². The normalized spacial score (nSPS) is 11.4. The fourth-order valence-electron chi connectivity index (χ4n) is 1.90. The van der Waals surface area contributed by atoms with Gasteiger partial charge in [0.2, 0.25) is 0 Å². The molecule has 0 aliphatic carbocycles. The number of benzene rings is 1. The van der Waals surface area contributed by atoms with Crippen LogP contribution in [0.15, 0.2) is 24.3 Å². The molecular formula is C15H20N4O. The summed E-state index contributed by atoms with van der Waals surface area (Å²) in [6.07, 6.45) is 0. The van der Waals surface area contributed by atoms with Crippen molar-refractivity contribution in [1.29, 1.82) is 0 Å². The van der Waals surface area contributed by atoms with Gasteiger partial charge in [-0.05, 0) is 30.7 Å². The molecule has 0 radical (unpaired) electrons. The van der Waals surface area contributed by atoms with E-state index in [0.29, 0.717) is 17.1 Å². The highest BCUT2D eigenvalue weighted by Crippen LogP contribution is 2.22. The monoisotopic (exact) mass is 272 g/mol. The number of H-pyrrole nitrogens is 1. The zero-order valence-electron chi connectivity index (χ0n) is 12.2. The summed E-state index contributed by atoms with van der Waals surface area (Å²) in [5, 5.41) is 9.84. The lowest BCUT2D eigenvalue weighted by atomic mass is 9.92. The number of nitrogens with two attached hydrogens (primary N) is 1. The van der Waals surface area contributed by atoms with Crippen LogP contribution in [0, 0.1) is 6.92 Å². The third-order valence-corrected chi connectivity index (χ3v) is 3.12. The summed E-state index contributed by atoms with van der Waals surface area (Å²) in [6.45, 7) is 8.10. The number of anilines is 2. The summed E-state index contributed by atoms with van der Waals surface area (Å²) in [6, 6.07) is 7.06. The van der Waals surface area contributed by atoms with E-state index in [1.807, 2.05) is 13.0 Å². The summed E-state index contributed by atoms with van der Waals surface area (Å²) >= 11 is 0. The molecule has 2 rings (SSSR count). The first kappa shape index (κ1) is 14.1. The molecule has 0 saturated carbocycles. The minimum Gasteiger partial charge on any atom is -0.399 e. The summed E-state index contributed by atoms with van der Waals surface area (Å²) in [5.74, 6) is 0.339. The lowest BCUT2D eigenvalue weighted by molar-refractivity contribution is 0.102. The number of carbonyl (C=O) groups excluding carboxylic acids is 1. The zero-order chi connectivity index (χ0) is 14.9. The molecule has 0 spiro atoms. The Morgan fingerprint density at radius 2 is 2.00 bits per heavy atom. The van der Waals surface area contributed by atoms with Crippen LogP contribution >= 0.6 is 0 Å². The Morgan fingerprint density at radius 3 is 2.55 bits per heavy atom. The number of aromatic amines is 1. The summed E-state index contributed by atoms with van der Waals surface area (Å²) in [4.78, 5) is 12.2. The van der Waals surface area contributed by atoms with E-state index in [1.165, 1.54) is 0 Å². The van der Waals surface area contributed by atoms with E-state index in [0.717, 1.165) is 11.3 Å². The molecule has 0 atom stereocenters. The maximum Gasteiger partial charge on any atom is 0.257 e. The van der Waals surface area contributed by atoms with Gasteiger partial charge in [0.1, 0.15) is 0 Å². The average molecular weight is 272 g/mol. The van der Waals surface area contributed by atoms with Crippen LogP contribution in [0.3, 0.4) is 0 Å². The highest BCUT2D eigenvalue weighted by molar-refractivity contribution is 6.05. The standard InChI is InChI=1S/C15H20N4O/c1-9-7-10(16)5-6-11(9)14(20)17-13-8-12(18-19-13)15(2,3)4/h5-8H,16H2,1-4H3,(H2,17,18,19,20). The predicted molar refractivity (Wildman–Crippen MR) is 80.8 cm³/mol. The molecule has 0 saturated heterocycles. The molecule has 5 heteroatoms. The lowest BCUT2D eigenvalue weighted by Gasteiger charge is -2.14. The summed E-state index contributed by atoms with van der Waals surface area (Å²) in [7, 11) is 0. The average Bonchev–Trinajstić information content (AvgIpc) is 2.76. The third-order valence-electron chi connectivity index (χ3n) is 3.12. The number of carbonyl (C=O) groups is 1. The van der Waals surface area contributed by atoms with Crippen molar-refractivity contribution >= 4 is 17.4 Å². The van der Waals surface area contributed by atoms with Crippen LogP contribution < -0.4 is 11.1 Å². The van der Waals surface area contributed by atoms with Crippen LogP contribution in [-0.2, 0) is 5.41 Å². The molecule has 2 aromatic rings. The quantitative estimate of drug-likeness (QED) is 0.735. The second kappa shape index (κ2) is 5.00. The molecule has 106 valence electrons. The molecule has 0 fully saturated rings. The first-order chi connectivity index (χ1) is 9.27. The van der Waals surface area contributed by atoms with Gasteiger partial charge in [0.05, 0.1) is 0 Å². The smallest absolute Gasteiger partial charge is 0.257 e. The Kier molecular flexibility index (Phi) is 3.53. The third kappa shape index (κ3) is 2.99. The molecule has 1 amide bonds. The number of nitrogen functional groups attached to an aromatic ring is 1. The SMILES string of the molecule is Cc1cc(N)ccc1C(=O)Nc1cc(C(C)(C)C)[nH]n1. The number of aryl methyl sites for hydroxylation is 1. The van der Waals surface area contributed by atoms with Crippen molar-refractivity contribution < 1.29 is 4.79 Å². The highest BCUT2D eigenvalue weighted by atomic mass is 16.1. The van der Waals surface area contributed by atoms with Gasteiger partial charge in [-0.3, -0.25) is 9.89 Å². The van der Waals surface area contributed by atoms with E-state index in [1.54, 1.807) is 18.2 Å². The number of nitrogens with one attached hydrogen (secondary N) is 2. The molecule has 1 heterocycles. The van der Waals surface area contributed by atoms with E-state index in [4.69, 9.17) is 5.73 Å². The molecular weight excluding hydrogens is 252 g/mol. The minimum atomic E-state index is -0.186. The Hall–Kier alpha value is -2.30. The number of aromatic nitrogens is 2. The van der Waals surface area contributed by atoms with Crippen LogP contribution in [-0.4, -0.2) is 16.1 Å². The van der Waals surface area contributed by atoms with Crippen LogP contribution in [0.5, 0.6) is 0 Å². The number of hydrogen-bond acceptors (Lipinski definition) is 3. The van der Waals surface area contributed by atoms with Crippen molar-refractivity contribution in [3.63, 3.8) is 0 Å². The van der Waals surface area contributed by atoms with E-state index >= 15 is 0 Å². The minimum absolute atomic E-state index is 0.0346. The van der Waals surface area contributed by atoms with Gasteiger partial charge in [0, 0.05) is 28.4 Å². The van der Waals surface area contributed by atoms with E-state index in [-0.39, 0.29) is 11.3 Å². The van der Waals surface area contributed by atoms with E-state index in [2.05, 4.69) is 36.3 Å². The van der Waals surface area contributed by atoms with Crippen molar-refractivity contribution in [3.05, 3.63) is 41.1 Å². The number of rotatable bonds is 2. The van der Waals surface area contributed by atoms with Gasteiger partial charge in [-0.2, -0.15) is 5.10 Å². The second-order valence-corrected chi connectivity index (χ2v) is 5.95. The Bertz CT molecular complexity index is 638. The molecule has 0 aliphatic rings. The topological polar surface area (TPSA) is 83.8 Å². The van der Waals surface area contributed by atoms with Gasteiger partial charge < -0.3 is 11.1 Å². The molecule has 4 N–H and O–H groups in total. The van der Waals surface area contributed by atoms with Gasteiger partial charge in [0.15, 0.2) is 5.82 Å². The van der Waals surface area contributed by atoms with Crippen LogP contribution in [0.2, 0.25) is 0 Å². The number of hydrogen-bond donors (Lipinski definition) is 3. The van der Waals surface area contributed by atoms with Gasteiger partial charge in [-0.15, -0.1) is 0 Å². The van der Waals surface area contributed by atoms with Gasteiger partial charge in [0.25, 0.3) is 5.91 Å². The van der Waals surface area contributed by atoms with Crippen molar-refractivity contribution in [1.82, 2.24) is 10.2 Å². The molecule has 0 unspecified atom stereocenters. The molecule has 1 aromatic carbocycles. The summed E-state index contributed by atoms with van der Waals surface area (Å²) < 4.78 is 0. The maximum atomic E-state index is 12.2. The molecule has 5 nitrogen and oxygen atoms in total. The maximum absolute atomic E-state index is 12.2. The molecule has 0 aliphatic heterocycles. The second-order valence-electron chi connectivity index (χ2n) is 5.95. The summed E-state index contributed by atoms with van der Waals surface area (Å²) in [5.41, 5.74) is 8.71. The van der Waals surface area contributed by atoms with Crippen LogP contribution in [0.4, 0.5) is 11.5 Å². The Balaban J connectivity index is 2.17. The Morgan fingerprint density at radius 1 is 1.30 bits per heavy atom. The molecule has 0 bridgehead atoms. The first-order valence-electron chi connectivity index (χ1n) is 6.51. The van der Waals surface area contributed by atoms with E-state index < -0.39 is 0 Å². The van der Waals surface area contributed by atoms with Crippen molar-refractivity contribution in [2.75, 3.05) is 11.1 Å².